The van der Waals surface area contributed by atoms with Gasteiger partial charge in [0.15, 0.2) is 5.13 Å². The molecule has 0 saturated heterocycles. The molecule has 1 aliphatic rings. The maximum absolute atomic E-state index is 12.5. The number of hydrogen-bond donors (Lipinski definition) is 2. The van der Waals surface area contributed by atoms with E-state index < -0.39 is 0 Å². The molecule has 0 unspecified atom stereocenters. The molecule has 0 fully saturated rings. The monoisotopic (exact) mass is 383 g/mol. The number of carbonyl (C=O) groups is 1. The number of thiazole rings is 1. The van der Waals surface area contributed by atoms with Gasteiger partial charge in [-0.15, -0.1) is 0 Å². The van der Waals surface area contributed by atoms with Gasteiger partial charge in [0.1, 0.15) is 4.88 Å². The first-order valence-electron chi connectivity index (χ1n) is 8.05. The Balaban J connectivity index is 1.80. The number of benzene rings is 2. The summed E-state index contributed by atoms with van der Waals surface area (Å²) in [5, 5.41) is 15.9. The Labute approximate surface area is 158 Å². The fraction of sp³-hybridized carbons (Fsp3) is 0.105. The highest BCUT2D eigenvalue weighted by Gasteiger charge is 2.25. The summed E-state index contributed by atoms with van der Waals surface area (Å²) in [4.78, 5) is 21.2. The van der Waals surface area contributed by atoms with E-state index in [0.29, 0.717) is 26.0 Å². The molecule has 5 nitrogen and oxygen atoms in total. The fourth-order valence-electron chi connectivity index (χ4n) is 2.92. The van der Waals surface area contributed by atoms with Gasteiger partial charge in [0, 0.05) is 15.9 Å². The Kier molecular flexibility index (Phi) is 4.22. The normalized spacial score (nSPS) is 12.8. The summed E-state index contributed by atoms with van der Waals surface area (Å²) in [6.07, 6.45) is 0.781. The van der Waals surface area contributed by atoms with Crippen molar-refractivity contribution in [3.05, 3.63) is 68.5 Å². The summed E-state index contributed by atoms with van der Waals surface area (Å²) in [6.45, 7) is 2.02. The van der Waals surface area contributed by atoms with Crippen molar-refractivity contribution in [3.8, 4) is 5.88 Å². The second-order valence-electron chi connectivity index (χ2n) is 5.77. The zero-order valence-electron chi connectivity index (χ0n) is 13.8. The first kappa shape index (κ1) is 16.8. The van der Waals surface area contributed by atoms with Gasteiger partial charge in [-0.25, -0.2) is 4.99 Å². The van der Waals surface area contributed by atoms with Gasteiger partial charge in [0.05, 0.1) is 10.9 Å². The van der Waals surface area contributed by atoms with E-state index in [-0.39, 0.29) is 11.8 Å². The average Bonchev–Trinajstić information content (AvgIpc) is 3.13. The SMILES string of the molecule is CCc1cccc2c1=NC(=O)C=2c1sc(Nc2cccc(Cl)c2)nc1O. The third-order valence-electron chi connectivity index (χ3n) is 4.11. The maximum atomic E-state index is 12.5. The van der Waals surface area contributed by atoms with Crippen molar-refractivity contribution in [2.24, 2.45) is 4.99 Å². The lowest BCUT2D eigenvalue weighted by atomic mass is 10.1. The van der Waals surface area contributed by atoms with E-state index in [4.69, 9.17) is 11.6 Å². The minimum atomic E-state index is -0.353. The molecule has 3 aromatic rings. The van der Waals surface area contributed by atoms with Crippen molar-refractivity contribution < 1.29 is 9.90 Å². The standard InChI is InChI=1S/C19H14ClN3O2S/c1-2-10-5-3-8-13-14(17(24)22-15(10)13)16-18(25)23-19(26-16)21-12-7-4-6-11(20)9-12/h3-9,25H,2H2,1H3,(H,21,23). The molecule has 130 valence electrons. The van der Waals surface area contributed by atoms with E-state index in [1.807, 2.05) is 37.3 Å². The second-order valence-corrected chi connectivity index (χ2v) is 7.20. The number of fused-ring (bicyclic) bond motifs is 1. The van der Waals surface area contributed by atoms with Crippen LogP contribution in [0, 0.1) is 0 Å². The topological polar surface area (TPSA) is 74.6 Å². The van der Waals surface area contributed by atoms with E-state index in [1.165, 1.54) is 11.3 Å². The number of carbonyl (C=O) groups excluding carboxylic acids is 1. The largest absolute Gasteiger partial charge is 0.492 e. The van der Waals surface area contributed by atoms with Crippen LogP contribution in [0.3, 0.4) is 0 Å². The molecule has 1 aromatic heterocycles. The number of amides is 1. The van der Waals surface area contributed by atoms with Crippen molar-refractivity contribution in [1.29, 1.82) is 0 Å². The first-order chi connectivity index (χ1) is 12.6. The lowest BCUT2D eigenvalue weighted by Gasteiger charge is -2.01. The summed E-state index contributed by atoms with van der Waals surface area (Å²) < 4.78 is 0. The summed E-state index contributed by atoms with van der Waals surface area (Å²) >= 11 is 7.19. The van der Waals surface area contributed by atoms with E-state index in [1.54, 1.807) is 12.1 Å². The van der Waals surface area contributed by atoms with Crippen molar-refractivity contribution in [3.63, 3.8) is 0 Å². The molecule has 1 aliphatic heterocycles. The first-order valence-corrected chi connectivity index (χ1v) is 9.24. The van der Waals surface area contributed by atoms with Crippen LogP contribution in [0.4, 0.5) is 10.8 Å². The summed E-state index contributed by atoms with van der Waals surface area (Å²) in [7, 11) is 0. The van der Waals surface area contributed by atoms with E-state index >= 15 is 0 Å². The van der Waals surface area contributed by atoms with Gasteiger partial charge in [0.2, 0.25) is 5.88 Å². The zero-order chi connectivity index (χ0) is 18.3. The molecule has 2 aromatic carbocycles. The highest BCUT2D eigenvalue weighted by Crippen LogP contribution is 2.35. The van der Waals surface area contributed by atoms with Crippen LogP contribution in [-0.2, 0) is 11.2 Å². The molecule has 0 radical (unpaired) electrons. The van der Waals surface area contributed by atoms with Crippen LogP contribution in [0.2, 0.25) is 5.02 Å². The number of aromatic hydroxyl groups is 1. The van der Waals surface area contributed by atoms with Gasteiger partial charge in [-0.3, -0.25) is 4.79 Å². The van der Waals surface area contributed by atoms with Gasteiger partial charge in [-0.1, -0.05) is 54.1 Å². The third kappa shape index (κ3) is 2.87. The number of para-hydroxylation sites is 1. The summed E-state index contributed by atoms with van der Waals surface area (Å²) in [5.41, 5.74) is 2.15. The maximum Gasteiger partial charge on any atom is 0.279 e. The number of nitrogens with zero attached hydrogens (tertiary/aromatic N) is 2. The Morgan fingerprint density at radius 3 is 2.81 bits per heavy atom. The van der Waals surface area contributed by atoms with Crippen LogP contribution < -0.4 is 15.9 Å². The quantitative estimate of drug-likeness (QED) is 0.725. The van der Waals surface area contributed by atoms with Gasteiger partial charge in [-0.2, -0.15) is 4.98 Å². The molecule has 0 bridgehead atoms. The Morgan fingerprint density at radius 1 is 1.23 bits per heavy atom. The Bertz CT molecular complexity index is 1150. The number of nitrogens with one attached hydrogen (secondary N) is 1. The molecule has 7 heteroatoms. The van der Waals surface area contributed by atoms with E-state index in [2.05, 4.69) is 15.3 Å². The van der Waals surface area contributed by atoms with Gasteiger partial charge in [-0.05, 0) is 30.2 Å². The molecule has 1 amide bonds. The number of anilines is 2. The van der Waals surface area contributed by atoms with Gasteiger partial charge < -0.3 is 10.4 Å². The third-order valence-corrected chi connectivity index (χ3v) is 5.32. The summed E-state index contributed by atoms with van der Waals surface area (Å²) in [5.74, 6) is -0.540. The lowest BCUT2D eigenvalue weighted by molar-refractivity contribution is -0.112. The Hall–Kier alpha value is -2.70. The van der Waals surface area contributed by atoms with Crippen molar-refractivity contribution >= 4 is 45.2 Å². The fourth-order valence-corrected chi connectivity index (χ4v) is 4.04. The number of hydrogen-bond acceptors (Lipinski definition) is 5. The summed E-state index contributed by atoms with van der Waals surface area (Å²) in [6, 6.07) is 12.9. The van der Waals surface area contributed by atoms with Crippen molar-refractivity contribution in [2.75, 3.05) is 5.32 Å². The molecule has 0 saturated carbocycles. The zero-order valence-corrected chi connectivity index (χ0v) is 15.4. The number of rotatable bonds is 4. The molecule has 26 heavy (non-hydrogen) atoms. The number of aryl methyl sites for hydroxylation is 1. The minimum absolute atomic E-state index is 0.187. The van der Waals surface area contributed by atoms with Crippen LogP contribution in [0.5, 0.6) is 5.88 Å². The smallest absolute Gasteiger partial charge is 0.279 e. The van der Waals surface area contributed by atoms with E-state index in [0.717, 1.165) is 22.9 Å². The molecule has 2 N–H and O–H groups in total. The molecule has 2 heterocycles. The van der Waals surface area contributed by atoms with Crippen LogP contribution >= 0.6 is 22.9 Å². The molecular weight excluding hydrogens is 370 g/mol. The highest BCUT2D eigenvalue weighted by atomic mass is 35.5. The number of halogens is 1. The van der Waals surface area contributed by atoms with Crippen molar-refractivity contribution in [1.82, 2.24) is 4.98 Å². The highest BCUT2D eigenvalue weighted by molar-refractivity contribution is 7.17. The lowest BCUT2D eigenvalue weighted by Crippen LogP contribution is -2.26. The predicted octanol–water partition coefficient (Wildman–Crippen LogP) is 3.17. The van der Waals surface area contributed by atoms with Crippen LogP contribution in [0.1, 0.15) is 17.4 Å². The average molecular weight is 384 g/mol. The van der Waals surface area contributed by atoms with Crippen LogP contribution in [0.15, 0.2) is 47.5 Å². The van der Waals surface area contributed by atoms with Crippen LogP contribution in [0.25, 0.3) is 5.57 Å². The minimum Gasteiger partial charge on any atom is -0.492 e. The second kappa shape index (κ2) is 6.55. The molecule has 0 spiro atoms. The molecule has 0 aliphatic carbocycles. The van der Waals surface area contributed by atoms with E-state index in [9.17, 15) is 9.90 Å². The number of aromatic nitrogens is 1. The molecule has 0 atom stereocenters. The van der Waals surface area contributed by atoms with Crippen molar-refractivity contribution in [2.45, 2.75) is 13.3 Å². The molecule has 4 rings (SSSR count). The van der Waals surface area contributed by atoms with Crippen LogP contribution in [-0.4, -0.2) is 16.0 Å². The molecular formula is C19H14ClN3O2S. The van der Waals surface area contributed by atoms with Gasteiger partial charge in [0.25, 0.3) is 5.91 Å². The van der Waals surface area contributed by atoms with Gasteiger partial charge >= 0.3 is 0 Å². The Morgan fingerprint density at radius 2 is 2.04 bits per heavy atom. The predicted molar refractivity (Wildman–Crippen MR) is 103 cm³/mol.